The van der Waals surface area contributed by atoms with Crippen LogP contribution in [0.2, 0.25) is 0 Å². The Kier molecular flexibility index (Phi) is 4.88. The molecule has 0 spiro atoms. The maximum Gasteiger partial charge on any atom is 0.327 e. The second kappa shape index (κ2) is 7.25. The molecule has 130 valence electrons. The van der Waals surface area contributed by atoms with E-state index in [0.717, 1.165) is 6.42 Å². The molecule has 2 aromatic rings. The molecule has 0 bridgehead atoms. The lowest BCUT2D eigenvalue weighted by Gasteiger charge is -2.36. The fourth-order valence-corrected chi connectivity index (χ4v) is 3.00. The highest BCUT2D eigenvalue weighted by Gasteiger charge is 2.36. The van der Waals surface area contributed by atoms with E-state index in [4.69, 9.17) is 4.74 Å². The molecule has 6 heteroatoms. The molecule has 0 saturated heterocycles. The molecular weight excluding hydrogens is 318 g/mol. The van der Waals surface area contributed by atoms with E-state index in [0.29, 0.717) is 29.2 Å². The van der Waals surface area contributed by atoms with Gasteiger partial charge in [-0.1, -0.05) is 37.6 Å². The Balaban J connectivity index is 1.96. The summed E-state index contributed by atoms with van der Waals surface area (Å²) in [5, 5.41) is 5.74. The maximum absolute atomic E-state index is 13.0. The number of methoxy groups -OCH3 is 1. The molecule has 1 aliphatic rings. The highest BCUT2D eigenvalue weighted by molar-refractivity contribution is 6.14. The molecule has 0 saturated carbocycles. The van der Waals surface area contributed by atoms with Crippen LogP contribution in [0.25, 0.3) is 0 Å². The van der Waals surface area contributed by atoms with Crippen LogP contribution in [0.1, 0.15) is 19.8 Å². The fraction of sp³-hybridized carbons (Fsp3) is 0.263. The number of fused-ring (bicyclic) bond motifs is 1. The third-order valence-corrected chi connectivity index (χ3v) is 4.17. The first-order chi connectivity index (χ1) is 12.2. The van der Waals surface area contributed by atoms with Crippen molar-refractivity contribution in [2.45, 2.75) is 25.8 Å². The Morgan fingerprint density at radius 2 is 1.92 bits per heavy atom. The quantitative estimate of drug-likeness (QED) is 0.889. The van der Waals surface area contributed by atoms with Crippen molar-refractivity contribution in [3.05, 3.63) is 48.5 Å². The van der Waals surface area contributed by atoms with Crippen molar-refractivity contribution in [2.75, 3.05) is 22.6 Å². The highest BCUT2D eigenvalue weighted by atomic mass is 16.5. The number of anilines is 3. The Morgan fingerprint density at radius 3 is 2.68 bits per heavy atom. The highest BCUT2D eigenvalue weighted by Crippen LogP contribution is 2.34. The number of ether oxygens (including phenoxy) is 1. The van der Waals surface area contributed by atoms with Gasteiger partial charge in [0.15, 0.2) is 0 Å². The van der Waals surface area contributed by atoms with Crippen molar-refractivity contribution < 1.29 is 14.3 Å². The molecule has 0 aliphatic carbocycles. The first kappa shape index (κ1) is 16.8. The minimum absolute atomic E-state index is 0.171. The van der Waals surface area contributed by atoms with Gasteiger partial charge in [-0.2, -0.15) is 0 Å². The average Bonchev–Trinajstić information content (AvgIpc) is 2.62. The molecule has 25 heavy (non-hydrogen) atoms. The van der Waals surface area contributed by atoms with Gasteiger partial charge in [0.05, 0.1) is 24.2 Å². The predicted octanol–water partition coefficient (Wildman–Crippen LogP) is 3.85. The number of hydrogen-bond acceptors (Lipinski definition) is 3. The molecule has 1 heterocycles. The van der Waals surface area contributed by atoms with Crippen LogP contribution in [0.4, 0.5) is 21.9 Å². The summed E-state index contributed by atoms with van der Waals surface area (Å²) in [6, 6.07) is 13.6. The molecule has 1 atom stereocenters. The standard InChI is InChI=1S/C19H21N3O3/c1-3-8-16-18(23)20-13-9-4-6-11-15(13)22(16)19(24)21-14-10-5-7-12-17(14)25-2/h4-7,9-12,16H,3,8H2,1-2H3,(H,20,23)(H,21,24). The van der Waals surface area contributed by atoms with Gasteiger partial charge in [-0.05, 0) is 30.7 Å². The summed E-state index contributed by atoms with van der Waals surface area (Å²) in [4.78, 5) is 27.0. The molecule has 3 amide bonds. The second-order valence-corrected chi connectivity index (χ2v) is 5.81. The molecule has 2 N–H and O–H groups in total. The molecule has 0 aromatic heterocycles. The third kappa shape index (κ3) is 3.28. The van der Waals surface area contributed by atoms with E-state index in [1.807, 2.05) is 37.3 Å². The zero-order chi connectivity index (χ0) is 17.8. The molecule has 1 unspecified atom stereocenters. The topological polar surface area (TPSA) is 70.7 Å². The van der Waals surface area contributed by atoms with Crippen LogP contribution in [0.3, 0.4) is 0 Å². The number of urea groups is 1. The Labute approximate surface area is 146 Å². The van der Waals surface area contributed by atoms with Crippen molar-refractivity contribution in [2.24, 2.45) is 0 Å². The summed E-state index contributed by atoms with van der Waals surface area (Å²) < 4.78 is 5.29. The molecule has 3 rings (SSSR count). The molecule has 0 fully saturated rings. The lowest BCUT2D eigenvalue weighted by Crippen LogP contribution is -2.52. The largest absolute Gasteiger partial charge is 0.495 e. The van der Waals surface area contributed by atoms with Crippen LogP contribution < -0.4 is 20.3 Å². The van der Waals surface area contributed by atoms with Crippen LogP contribution in [-0.4, -0.2) is 25.1 Å². The SMILES string of the molecule is CCCC1C(=O)Nc2ccccc2N1C(=O)Nc1ccccc1OC. The number of carbonyl (C=O) groups is 2. The van der Waals surface area contributed by atoms with Crippen LogP contribution in [-0.2, 0) is 4.79 Å². The summed E-state index contributed by atoms with van der Waals surface area (Å²) in [6.45, 7) is 1.99. The number of para-hydroxylation sites is 4. The van der Waals surface area contributed by atoms with E-state index >= 15 is 0 Å². The van der Waals surface area contributed by atoms with Gasteiger partial charge in [-0.15, -0.1) is 0 Å². The van der Waals surface area contributed by atoms with Gasteiger partial charge in [-0.25, -0.2) is 4.79 Å². The summed E-state index contributed by atoms with van der Waals surface area (Å²) in [6.07, 6.45) is 1.37. The van der Waals surface area contributed by atoms with Gasteiger partial charge in [0.25, 0.3) is 0 Å². The monoisotopic (exact) mass is 339 g/mol. The number of hydrogen-bond donors (Lipinski definition) is 2. The molecule has 0 radical (unpaired) electrons. The van der Waals surface area contributed by atoms with Crippen molar-refractivity contribution in [3.63, 3.8) is 0 Å². The van der Waals surface area contributed by atoms with E-state index < -0.39 is 6.04 Å². The van der Waals surface area contributed by atoms with Crippen LogP contribution in [0.5, 0.6) is 5.75 Å². The number of nitrogens with one attached hydrogen (secondary N) is 2. The number of rotatable bonds is 4. The van der Waals surface area contributed by atoms with Crippen LogP contribution in [0.15, 0.2) is 48.5 Å². The van der Waals surface area contributed by atoms with E-state index in [-0.39, 0.29) is 11.9 Å². The van der Waals surface area contributed by atoms with Gasteiger partial charge in [-0.3, -0.25) is 9.69 Å². The minimum atomic E-state index is -0.547. The zero-order valence-corrected chi connectivity index (χ0v) is 14.3. The third-order valence-electron chi connectivity index (χ3n) is 4.17. The summed E-state index contributed by atoms with van der Waals surface area (Å²) in [7, 11) is 1.55. The zero-order valence-electron chi connectivity index (χ0n) is 14.3. The minimum Gasteiger partial charge on any atom is -0.495 e. The maximum atomic E-state index is 13.0. The van der Waals surface area contributed by atoms with Gasteiger partial charge in [0, 0.05) is 0 Å². The van der Waals surface area contributed by atoms with Gasteiger partial charge < -0.3 is 15.4 Å². The molecular formula is C19H21N3O3. The Hall–Kier alpha value is -3.02. The van der Waals surface area contributed by atoms with Crippen molar-refractivity contribution >= 4 is 29.0 Å². The van der Waals surface area contributed by atoms with E-state index in [1.165, 1.54) is 4.90 Å². The average molecular weight is 339 g/mol. The van der Waals surface area contributed by atoms with E-state index in [9.17, 15) is 9.59 Å². The van der Waals surface area contributed by atoms with Gasteiger partial charge in [0.2, 0.25) is 5.91 Å². The smallest absolute Gasteiger partial charge is 0.327 e. The normalized spacial score (nSPS) is 16.0. The molecule has 6 nitrogen and oxygen atoms in total. The van der Waals surface area contributed by atoms with Crippen LogP contribution >= 0.6 is 0 Å². The van der Waals surface area contributed by atoms with Crippen molar-refractivity contribution in [3.8, 4) is 5.75 Å². The van der Waals surface area contributed by atoms with Gasteiger partial charge in [0.1, 0.15) is 11.8 Å². The molecule has 2 aromatic carbocycles. The number of nitrogens with zero attached hydrogens (tertiary/aromatic N) is 1. The Bertz CT molecular complexity index is 791. The van der Waals surface area contributed by atoms with Crippen LogP contribution in [0, 0.1) is 0 Å². The number of amides is 3. The first-order valence-electron chi connectivity index (χ1n) is 8.28. The van der Waals surface area contributed by atoms with E-state index in [1.54, 1.807) is 25.3 Å². The lowest BCUT2D eigenvalue weighted by atomic mass is 10.0. The van der Waals surface area contributed by atoms with Crippen molar-refractivity contribution in [1.82, 2.24) is 0 Å². The lowest BCUT2D eigenvalue weighted by molar-refractivity contribution is -0.117. The first-order valence-corrected chi connectivity index (χ1v) is 8.28. The number of benzene rings is 2. The van der Waals surface area contributed by atoms with E-state index in [2.05, 4.69) is 10.6 Å². The summed E-state index contributed by atoms with van der Waals surface area (Å²) in [5.41, 5.74) is 1.89. The second-order valence-electron chi connectivity index (χ2n) is 5.81. The summed E-state index contributed by atoms with van der Waals surface area (Å²) >= 11 is 0. The summed E-state index contributed by atoms with van der Waals surface area (Å²) in [5.74, 6) is 0.397. The van der Waals surface area contributed by atoms with Crippen molar-refractivity contribution in [1.29, 1.82) is 0 Å². The predicted molar refractivity (Wildman–Crippen MR) is 98.3 cm³/mol. The fourth-order valence-electron chi connectivity index (χ4n) is 3.00. The Morgan fingerprint density at radius 1 is 1.20 bits per heavy atom. The van der Waals surface area contributed by atoms with Gasteiger partial charge >= 0.3 is 6.03 Å². The number of carbonyl (C=O) groups excluding carboxylic acids is 2. The molecule has 1 aliphatic heterocycles.